The van der Waals surface area contributed by atoms with Gasteiger partial charge in [-0.15, -0.1) is 0 Å². The number of benzene rings is 1. The molecule has 1 aliphatic rings. The summed E-state index contributed by atoms with van der Waals surface area (Å²) in [6.07, 6.45) is 0. The fourth-order valence-electron chi connectivity index (χ4n) is 2.12. The molecule has 1 aromatic rings. The lowest BCUT2D eigenvalue weighted by atomic mass is 10.1. The monoisotopic (exact) mass is 254 g/mol. The molecule has 0 amide bonds. The van der Waals surface area contributed by atoms with Gasteiger partial charge in [-0.25, -0.2) is 0 Å². The smallest absolute Gasteiger partial charge is 0.123 e. The van der Waals surface area contributed by atoms with Crippen molar-refractivity contribution in [2.75, 3.05) is 33.3 Å². The van der Waals surface area contributed by atoms with E-state index in [1.165, 1.54) is 5.56 Å². The third-order valence-electron chi connectivity index (χ3n) is 3.17. The molecule has 1 fully saturated rings. The van der Waals surface area contributed by atoms with Gasteiger partial charge >= 0.3 is 0 Å². The van der Waals surface area contributed by atoms with Crippen LogP contribution in [0.4, 0.5) is 0 Å². The summed E-state index contributed by atoms with van der Waals surface area (Å²) in [5.41, 5.74) is 2.23. The summed E-state index contributed by atoms with van der Waals surface area (Å²) in [5, 5.41) is 4.17. The van der Waals surface area contributed by atoms with Crippen LogP contribution in [-0.4, -0.2) is 38.2 Å². The van der Waals surface area contributed by atoms with E-state index in [-0.39, 0.29) is 0 Å². The molecule has 0 spiro atoms. The minimum absolute atomic E-state index is 0.816. The Morgan fingerprint density at radius 1 is 1.35 bits per heavy atom. The van der Waals surface area contributed by atoms with Crippen LogP contribution in [0.25, 0.3) is 0 Å². The predicted molar refractivity (Wildman–Crippen MR) is 70.9 cm³/mol. The van der Waals surface area contributed by atoms with Crippen LogP contribution in [0.15, 0.2) is 12.1 Å². The number of halogens is 1. The first-order valence-electron chi connectivity index (χ1n) is 5.97. The van der Waals surface area contributed by atoms with Gasteiger partial charge in [0.15, 0.2) is 0 Å². The van der Waals surface area contributed by atoms with Gasteiger partial charge < -0.3 is 10.1 Å². The van der Waals surface area contributed by atoms with Gasteiger partial charge in [-0.2, -0.15) is 0 Å². The number of methoxy groups -OCH3 is 1. The Balaban J connectivity index is 2.15. The van der Waals surface area contributed by atoms with Crippen molar-refractivity contribution in [2.45, 2.75) is 13.5 Å². The summed E-state index contributed by atoms with van der Waals surface area (Å²) in [7, 11) is 1.71. The highest BCUT2D eigenvalue weighted by Gasteiger charge is 2.13. The summed E-state index contributed by atoms with van der Waals surface area (Å²) in [5.74, 6) is 0.936. The molecule has 3 nitrogen and oxygen atoms in total. The first-order valence-corrected chi connectivity index (χ1v) is 6.34. The molecule has 0 radical (unpaired) electrons. The lowest BCUT2D eigenvalue weighted by Crippen LogP contribution is -2.42. The molecule has 1 aliphatic heterocycles. The highest BCUT2D eigenvalue weighted by molar-refractivity contribution is 6.31. The minimum atomic E-state index is 0.816. The second kappa shape index (κ2) is 5.71. The molecular formula is C13H19ClN2O. The molecular weight excluding hydrogens is 236 g/mol. The summed E-state index contributed by atoms with van der Waals surface area (Å²) < 4.78 is 5.42. The molecule has 0 aromatic heterocycles. The third kappa shape index (κ3) is 3.12. The summed E-state index contributed by atoms with van der Waals surface area (Å²) in [4.78, 5) is 2.42. The second-order valence-electron chi connectivity index (χ2n) is 4.44. The van der Waals surface area contributed by atoms with Crippen LogP contribution in [0.3, 0.4) is 0 Å². The zero-order valence-corrected chi connectivity index (χ0v) is 11.2. The Hall–Kier alpha value is -0.770. The van der Waals surface area contributed by atoms with E-state index in [9.17, 15) is 0 Å². The maximum Gasteiger partial charge on any atom is 0.123 e. The fraction of sp³-hybridized carbons (Fsp3) is 0.538. The predicted octanol–water partition coefficient (Wildman–Crippen LogP) is 2.06. The van der Waals surface area contributed by atoms with Crippen molar-refractivity contribution < 1.29 is 4.74 Å². The molecule has 94 valence electrons. The molecule has 0 bridgehead atoms. The van der Waals surface area contributed by atoms with Crippen molar-refractivity contribution in [1.29, 1.82) is 0 Å². The molecule has 2 rings (SSSR count). The van der Waals surface area contributed by atoms with Crippen molar-refractivity contribution >= 4 is 11.6 Å². The lowest BCUT2D eigenvalue weighted by molar-refractivity contribution is 0.230. The van der Waals surface area contributed by atoms with Gasteiger partial charge in [0.2, 0.25) is 0 Å². The fourth-order valence-corrected chi connectivity index (χ4v) is 2.31. The highest BCUT2D eigenvalue weighted by atomic mass is 35.5. The van der Waals surface area contributed by atoms with Crippen molar-refractivity contribution in [3.63, 3.8) is 0 Å². The molecule has 0 atom stereocenters. The van der Waals surface area contributed by atoms with Crippen molar-refractivity contribution in [1.82, 2.24) is 10.2 Å². The van der Waals surface area contributed by atoms with E-state index < -0.39 is 0 Å². The average Bonchev–Trinajstić information content (AvgIpc) is 2.35. The number of nitrogens with zero attached hydrogens (tertiary/aromatic N) is 1. The average molecular weight is 255 g/mol. The van der Waals surface area contributed by atoms with Gasteiger partial charge in [0, 0.05) is 43.3 Å². The maximum atomic E-state index is 6.17. The van der Waals surface area contributed by atoms with E-state index in [1.54, 1.807) is 7.11 Å². The quantitative estimate of drug-likeness (QED) is 0.894. The van der Waals surface area contributed by atoms with Crippen LogP contribution in [-0.2, 0) is 6.54 Å². The van der Waals surface area contributed by atoms with Gasteiger partial charge in [0.05, 0.1) is 7.11 Å². The number of aryl methyl sites for hydroxylation is 1. The van der Waals surface area contributed by atoms with Crippen molar-refractivity contribution in [2.24, 2.45) is 0 Å². The topological polar surface area (TPSA) is 24.5 Å². The number of piperazine rings is 1. The molecule has 0 unspecified atom stereocenters. The van der Waals surface area contributed by atoms with E-state index in [1.807, 2.05) is 19.1 Å². The Bertz CT molecular complexity index is 389. The third-order valence-corrected chi connectivity index (χ3v) is 3.57. The number of ether oxygens (including phenoxy) is 1. The molecule has 17 heavy (non-hydrogen) atoms. The number of nitrogens with one attached hydrogen (secondary N) is 1. The highest BCUT2D eigenvalue weighted by Crippen LogP contribution is 2.27. The molecule has 4 heteroatoms. The maximum absolute atomic E-state index is 6.17. The van der Waals surface area contributed by atoms with Crippen LogP contribution in [0.2, 0.25) is 5.02 Å². The number of hydrogen-bond donors (Lipinski definition) is 1. The van der Waals surface area contributed by atoms with Gasteiger partial charge in [0.25, 0.3) is 0 Å². The Morgan fingerprint density at radius 3 is 2.71 bits per heavy atom. The standard InChI is InChI=1S/C13H19ClN2O/c1-10-7-13(17-2)11(8-12(10)14)9-16-5-3-15-4-6-16/h7-8,15H,3-6,9H2,1-2H3. The van der Waals surface area contributed by atoms with E-state index in [4.69, 9.17) is 16.3 Å². The van der Waals surface area contributed by atoms with Crippen molar-refractivity contribution in [3.8, 4) is 5.75 Å². The molecule has 0 aliphatic carbocycles. The van der Waals surface area contributed by atoms with Gasteiger partial charge in [-0.1, -0.05) is 11.6 Å². The molecule has 0 saturated carbocycles. The summed E-state index contributed by atoms with van der Waals surface area (Å²) in [6.45, 7) is 7.18. The summed E-state index contributed by atoms with van der Waals surface area (Å²) >= 11 is 6.17. The first-order chi connectivity index (χ1) is 8.20. The zero-order valence-electron chi connectivity index (χ0n) is 10.4. The largest absolute Gasteiger partial charge is 0.496 e. The second-order valence-corrected chi connectivity index (χ2v) is 4.85. The Kier molecular flexibility index (Phi) is 4.26. The van der Waals surface area contributed by atoms with Crippen LogP contribution in [0.1, 0.15) is 11.1 Å². The van der Waals surface area contributed by atoms with Crippen LogP contribution < -0.4 is 10.1 Å². The zero-order chi connectivity index (χ0) is 12.3. The minimum Gasteiger partial charge on any atom is -0.496 e. The molecule has 1 N–H and O–H groups in total. The SMILES string of the molecule is COc1cc(C)c(Cl)cc1CN1CCNCC1. The van der Waals surface area contributed by atoms with Crippen LogP contribution in [0, 0.1) is 6.92 Å². The molecule has 1 aromatic carbocycles. The van der Waals surface area contributed by atoms with Gasteiger partial charge in [-0.3, -0.25) is 4.90 Å². The van der Waals surface area contributed by atoms with Crippen LogP contribution in [0.5, 0.6) is 5.75 Å². The number of rotatable bonds is 3. The first kappa shape index (κ1) is 12.7. The lowest BCUT2D eigenvalue weighted by Gasteiger charge is -2.27. The van der Waals surface area contributed by atoms with E-state index in [0.29, 0.717) is 0 Å². The van der Waals surface area contributed by atoms with E-state index >= 15 is 0 Å². The van der Waals surface area contributed by atoms with Gasteiger partial charge in [0.1, 0.15) is 5.75 Å². The van der Waals surface area contributed by atoms with Crippen molar-refractivity contribution in [3.05, 3.63) is 28.3 Å². The Labute approximate surface area is 108 Å². The normalized spacial score (nSPS) is 17.1. The van der Waals surface area contributed by atoms with E-state index in [2.05, 4.69) is 10.2 Å². The van der Waals surface area contributed by atoms with Crippen LogP contribution >= 0.6 is 11.6 Å². The summed E-state index contributed by atoms with van der Waals surface area (Å²) in [6, 6.07) is 4.04. The van der Waals surface area contributed by atoms with Gasteiger partial charge in [-0.05, 0) is 24.6 Å². The molecule has 1 heterocycles. The molecule has 1 saturated heterocycles. The Morgan fingerprint density at radius 2 is 2.06 bits per heavy atom. The number of hydrogen-bond acceptors (Lipinski definition) is 3. The van der Waals surface area contributed by atoms with E-state index in [0.717, 1.165) is 49.1 Å².